The van der Waals surface area contributed by atoms with Crippen LogP contribution in [-0.2, 0) is 4.79 Å². The number of amides is 1. The first-order valence-corrected chi connectivity index (χ1v) is 8.55. The van der Waals surface area contributed by atoms with Crippen molar-refractivity contribution in [2.75, 3.05) is 70.9 Å². The van der Waals surface area contributed by atoms with Gasteiger partial charge in [-0.1, -0.05) is 12.1 Å². The van der Waals surface area contributed by atoms with Crippen molar-refractivity contribution in [1.29, 1.82) is 0 Å². The standard InChI is InChI=1S/C17H25FN4O/c1-19-6-8-20(9-7-19)14-17(23)22-12-10-21(11-13-22)16-5-3-2-4-15(16)18/h2-5H,6-14H2,1H3/p+2. The topological polar surface area (TPSA) is 32.4 Å². The number of piperazine rings is 2. The summed E-state index contributed by atoms with van der Waals surface area (Å²) in [5, 5.41) is 0. The van der Waals surface area contributed by atoms with Gasteiger partial charge in [-0.15, -0.1) is 0 Å². The van der Waals surface area contributed by atoms with Gasteiger partial charge in [-0.2, -0.15) is 0 Å². The largest absolute Gasteiger partial charge is 0.366 e. The third kappa shape index (κ3) is 4.00. The number of quaternary nitrogens is 2. The van der Waals surface area contributed by atoms with E-state index < -0.39 is 0 Å². The molecule has 0 bridgehead atoms. The average molecular weight is 322 g/mol. The molecule has 0 atom stereocenters. The van der Waals surface area contributed by atoms with Crippen LogP contribution in [0, 0.1) is 5.82 Å². The van der Waals surface area contributed by atoms with Gasteiger partial charge in [-0.05, 0) is 12.1 Å². The van der Waals surface area contributed by atoms with Crippen LogP contribution in [0.3, 0.4) is 0 Å². The summed E-state index contributed by atoms with van der Waals surface area (Å²) in [5.74, 6) is 0.0596. The molecule has 2 saturated heterocycles. The van der Waals surface area contributed by atoms with Gasteiger partial charge in [0.25, 0.3) is 5.91 Å². The lowest BCUT2D eigenvalue weighted by Gasteiger charge is -2.37. The van der Waals surface area contributed by atoms with Crippen LogP contribution < -0.4 is 14.7 Å². The van der Waals surface area contributed by atoms with Crippen LogP contribution in [0.15, 0.2) is 24.3 Å². The minimum atomic E-state index is -0.184. The smallest absolute Gasteiger partial charge is 0.277 e. The Morgan fingerprint density at radius 1 is 1.09 bits per heavy atom. The van der Waals surface area contributed by atoms with E-state index in [-0.39, 0.29) is 11.7 Å². The van der Waals surface area contributed by atoms with E-state index >= 15 is 0 Å². The fourth-order valence-electron chi connectivity index (χ4n) is 3.44. The van der Waals surface area contributed by atoms with E-state index in [0.717, 1.165) is 26.2 Å². The molecule has 1 amide bonds. The fraction of sp³-hybridized carbons (Fsp3) is 0.588. The van der Waals surface area contributed by atoms with Crippen LogP contribution >= 0.6 is 0 Å². The predicted octanol–water partition coefficient (Wildman–Crippen LogP) is -2.11. The van der Waals surface area contributed by atoms with Crippen molar-refractivity contribution in [1.82, 2.24) is 4.90 Å². The molecule has 0 radical (unpaired) electrons. The summed E-state index contributed by atoms with van der Waals surface area (Å²) in [6.07, 6.45) is 0. The van der Waals surface area contributed by atoms with Crippen LogP contribution in [0.25, 0.3) is 0 Å². The molecule has 23 heavy (non-hydrogen) atoms. The van der Waals surface area contributed by atoms with Crippen molar-refractivity contribution in [2.24, 2.45) is 0 Å². The molecule has 1 aromatic rings. The van der Waals surface area contributed by atoms with Crippen LogP contribution in [0.2, 0.25) is 0 Å². The molecular formula is C17H27FN4O+2. The lowest BCUT2D eigenvalue weighted by Crippen LogP contribution is -3.27. The van der Waals surface area contributed by atoms with Gasteiger partial charge in [-0.3, -0.25) is 4.79 Å². The molecule has 3 rings (SSSR count). The van der Waals surface area contributed by atoms with Gasteiger partial charge in [-0.25, -0.2) is 4.39 Å². The zero-order valence-corrected chi connectivity index (χ0v) is 13.9. The third-order valence-corrected chi connectivity index (χ3v) is 5.04. The van der Waals surface area contributed by atoms with E-state index in [4.69, 9.17) is 0 Å². The van der Waals surface area contributed by atoms with Crippen molar-refractivity contribution in [3.05, 3.63) is 30.1 Å². The second-order valence-electron chi connectivity index (χ2n) is 6.70. The zero-order valence-electron chi connectivity index (χ0n) is 13.9. The fourth-order valence-corrected chi connectivity index (χ4v) is 3.44. The highest BCUT2D eigenvalue weighted by atomic mass is 19.1. The SMILES string of the molecule is C[NH+]1CC[NH+](CC(=O)N2CCN(c3ccccc3F)CC2)CC1. The molecule has 0 aliphatic carbocycles. The second-order valence-corrected chi connectivity index (χ2v) is 6.70. The van der Waals surface area contributed by atoms with E-state index in [0.29, 0.717) is 38.4 Å². The molecule has 1 aromatic carbocycles. The van der Waals surface area contributed by atoms with Crippen LogP contribution in [-0.4, -0.2) is 76.8 Å². The number of nitrogens with zero attached hydrogens (tertiary/aromatic N) is 2. The minimum absolute atomic E-state index is 0.184. The molecule has 126 valence electrons. The average Bonchev–Trinajstić information content (AvgIpc) is 2.57. The molecule has 0 saturated carbocycles. The van der Waals surface area contributed by atoms with Crippen molar-refractivity contribution < 1.29 is 19.0 Å². The Bertz CT molecular complexity index is 537. The number of rotatable bonds is 3. The van der Waals surface area contributed by atoms with Crippen LogP contribution in [0.1, 0.15) is 0 Å². The molecular weight excluding hydrogens is 295 g/mol. The quantitative estimate of drug-likeness (QED) is 0.668. The minimum Gasteiger partial charge on any atom is -0.366 e. The highest BCUT2D eigenvalue weighted by molar-refractivity contribution is 5.77. The zero-order chi connectivity index (χ0) is 16.2. The van der Waals surface area contributed by atoms with Crippen molar-refractivity contribution in [3.63, 3.8) is 0 Å². The maximum Gasteiger partial charge on any atom is 0.277 e. The molecule has 5 nitrogen and oxygen atoms in total. The van der Waals surface area contributed by atoms with Crippen molar-refractivity contribution in [3.8, 4) is 0 Å². The number of carbonyl (C=O) groups excluding carboxylic acids is 1. The highest BCUT2D eigenvalue weighted by Gasteiger charge is 2.27. The number of nitrogens with one attached hydrogen (secondary N) is 2. The Kier molecular flexibility index (Phi) is 5.13. The Morgan fingerprint density at radius 2 is 1.74 bits per heavy atom. The number of anilines is 1. The highest BCUT2D eigenvalue weighted by Crippen LogP contribution is 2.19. The summed E-state index contributed by atoms with van der Waals surface area (Å²) in [7, 11) is 2.21. The summed E-state index contributed by atoms with van der Waals surface area (Å²) in [6.45, 7) is 7.82. The van der Waals surface area contributed by atoms with E-state index in [1.807, 2.05) is 21.9 Å². The number of para-hydroxylation sites is 1. The number of halogens is 1. The molecule has 2 aliphatic heterocycles. The van der Waals surface area contributed by atoms with Gasteiger partial charge >= 0.3 is 0 Å². The van der Waals surface area contributed by atoms with Gasteiger partial charge in [0.1, 0.15) is 32.0 Å². The van der Waals surface area contributed by atoms with E-state index in [1.165, 1.54) is 11.0 Å². The van der Waals surface area contributed by atoms with Gasteiger partial charge in [0.05, 0.1) is 12.7 Å². The van der Waals surface area contributed by atoms with Gasteiger partial charge in [0.2, 0.25) is 0 Å². The summed E-state index contributed by atoms with van der Waals surface area (Å²) >= 11 is 0. The second kappa shape index (κ2) is 7.27. The molecule has 2 aliphatic rings. The van der Waals surface area contributed by atoms with Crippen molar-refractivity contribution in [2.45, 2.75) is 0 Å². The maximum absolute atomic E-state index is 13.8. The van der Waals surface area contributed by atoms with Gasteiger partial charge in [0, 0.05) is 26.2 Å². The number of carbonyl (C=O) groups is 1. The molecule has 0 aromatic heterocycles. The number of benzene rings is 1. The van der Waals surface area contributed by atoms with E-state index in [9.17, 15) is 9.18 Å². The lowest BCUT2D eigenvalue weighted by molar-refractivity contribution is -1.000. The Balaban J connectivity index is 1.49. The van der Waals surface area contributed by atoms with E-state index in [1.54, 1.807) is 11.0 Å². The Morgan fingerprint density at radius 3 is 2.39 bits per heavy atom. The monoisotopic (exact) mass is 322 g/mol. The predicted molar refractivity (Wildman–Crippen MR) is 87.4 cm³/mol. The number of hydrogen-bond acceptors (Lipinski definition) is 2. The Hall–Kier alpha value is -1.66. The Labute approximate surface area is 137 Å². The molecule has 0 spiro atoms. The first-order chi connectivity index (χ1) is 11.1. The molecule has 2 fully saturated rings. The molecule has 0 unspecified atom stereocenters. The van der Waals surface area contributed by atoms with Crippen LogP contribution in [0.4, 0.5) is 10.1 Å². The first kappa shape index (κ1) is 16.2. The summed E-state index contributed by atoms with van der Waals surface area (Å²) in [4.78, 5) is 19.4. The molecule has 2 heterocycles. The summed E-state index contributed by atoms with van der Waals surface area (Å²) in [6, 6.07) is 6.86. The number of hydrogen-bond donors (Lipinski definition) is 2. The molecule has 2 N–H and O–H groups in total. The third-order valence-electron chi connectivity index (χ3n) is 5.04. The normalized spacial score (nSPS) is 25.5. The van der Waals surface area contributed by atoms with E-state index in [2.05, 4.69) is 7.05 Å². The summed E-state index contributed by atoms with van der Waals surface area (Å²) in [5.41, 5.74) is 0.646. The summed E-state index contributed by atoms with van der Waals surface area (Å²) < 4.78 is 13.8. The van der Waals surface area contributed by atoms with Crippen molar-refractivity contribution >= 4 is 11.6 Å². The first-order valence-electron chi connectivity index (χ1n) is 8.55. The molecule has 6 heteroatoms. The van der Waals surface area contributed by atoms with Crippen LogP contribution in [0.5, 0.6) is 0 Å². The van der Waals surface area contributed by atoms with Gasteiger partial charge in [0.15, 0.2) is 6.54 Å². The number of likely N-dealkylation sites (N-methyl/N-ethyl adjacent to an activating group) is 1. The maximum atomic E-state index is 13.8. The van der Waals surface area contributed by atoms with Gasteiger partial charge < -0.3 is 19.6 Å². The lowest BCUT2D eigenvalue weighted by atomic mass is 10.2.